The first-order valence-corrected chi connectivity index (χ1v) is 11.6. The first-order chi connectivity index (χ1) is 15.9. The summed E-state index contributed by atoms with van der Waals surface area (Å²) in [5, 5.41) is 11.9. The molecule has 3 aromatic rings. The number of hydrogen-bond donors (Lipinski definition) is 1. The smallest absolute Gasteiger partial charge is 0.123 e. The highest BCUT2D eigenvalue weighted by Crippen LogP contribution is 2.42. The van der Waals surface area contributed by atoms with Crippen LogP contribution in [0.1, 0.15) is 36.0 Å². The van der Waals surface area contributed by atoms with E-state index in [2.05, 4.69) is 11.8 Å². The summed E-state index contributed by atoms with van der Waals surface area (Å²) in [5.41, 5.74) is 1.20. The fourth-order valence-electron chi connectivity index (χ4n) is 4.73. The molecule has 1 heterocycles. The maximum atomic E-state index is 13.5. The van der Waals surface area contributed by atoms with Gasteiger partial charge in [-0.15, -0.1) is 0 Å². The Morgan fingerprint density at radius 2 is 1.36 bits per heavy atom. The molecule has 1 fully saturated rings. The average molecular weight is 452 g/mol. The molecule has 174 valence electrons. The van der Waals surface area contributed by atoms with Crippen LogP contribution in [0.5, 0.6) is 5.75 Å². The van der Waals surface area contributed by atoms with Crippen LogP contribution in [0.25, 0.3) is 0 Å². The first kappa shape index (κ1) is 23.4. The topological polar surface area (TPSA) is 32.7 Å². The minimum absolute atomic E-state index is 0.0477. The van der Waals surface area contributed by atoms with E-state index in [1.807, 2.05) is 24.3 Å². The minimum atomic E-state index is -1.29. The van der Waals surface area contributed by atoms with Crippen LogP contribution in [0, 0.1) is 24.5 Å². The summed E-state index contributed by atoms with van der Waals surface area (Å²) in [7, 11) is 0. The summed E-state index contributed by atoms with van der Waals surface area (Å²) in [6.07, 6.45) is 2.52. The number of nitrogens with zero attached hydrogens (tertiary/aromatic N) is 1. The van der Waals surface area contributed by atoms with E-state index in [1.165, 1.54) is 29.8 Å². The molecule has 0 spiro atoms. The standard InChI is InChI=1S/C28H31F2NO2/c1-21-3-13-27(14-4-21)33-20-2-17-31-18-15-24(16-19-31)28(32,22-5-9-25(29)10-6-22)23-7-11-26(30)12-8-23/h3-14,24,32H,2,15-20H2,1H3. The lowest BCUT2D eigenvalue weighted by atomic mass is 9.72. The molecule has 4 rings (SSSR count). The molecule has 5 heteroatoms. The number of ether oxygens (including phenoxy) is 1. The molecule has 1 saturated heterocycles. The van der Waals surface area contributed by atoms with Gasteiger partial charge in [0.1, 0.15) is 23.0 Å². The molecule has 0 aromatic heterocycles. The van der Waals surface area contributed by atoms with Crippen molar-refractivity contribution >= 4 is 0 Å². The van der Waals surface area contributed by atoms with Crippen molar-refractivity contribution in [2.24, 2.45) is 5.92 Å². The molecule has 33 heavy (non-hydrogen) atoms. The number of hydrogen-bond acceptors (Lipinski definition) is 3. The van der Waals surface area contributed by atoms with E-state index >= 15 is 0 Å². The summed E-state index contributed by atoms with van der Waals surface area (Å²) in [6, 6.07) is 20.1. The molecule has 3 aromatic carbocycles. The third kappa shape index (κ3) is 5.60. The van der Waals surface area contributed by atoms with Crippen LogP contribution in [0.15, 0.2) is 72.8 Å². The summed E-state index contributed by atoms with van der Waals surface area (Å²) < 4.78 is 32.9. The second-order valence-corrected chi connectivity index (χ2v) is 8.91. The number of halogens is 2. The van der Waals surface area contributed by atoms with Gasteiger partial charge in [0.25, 0.3) is 0 Å². The Morgan fingerprint density at radius 3 is 1.88 bits per heavy atom. The van der Waals surface area contributed by atoms with Crippen molar-refractivity contribution in [3.05, 3.63) is 101 Å². The van der Waals surface area contributed by atoms with Crippen molar-refractivity contribution in [1.82, 2.24) is 4.90 Å². The zero-order valence-electron chi connectivity index (χ0n) is 19.0. The number of piperidine rings is 1. The maximum Gasteiger partial charge on any atom is 0.123 e. The Bertz CT molecular complexity index is 966. The van der Waals surface area contributed by atoms with Gasteiger partial charge in [-0.2, -0.15) is 0 Å². The van der Waals surface area contributed by atoms with Crippen molar-refractivity contribution in [2.45, 2.75) is 31.8 Å². The lowest BCUT2D eigenvalue weighted by Gasteiger charge is -2.42. The lowest BCUT2D eigenvalue weighted by molar-refractivity contribution is -0.0146. The number of likely N-dealkylation sites (tertiary alicyclic amines) is 1. The molecule has 3 nitrogen and oxygen atoms in total. The second kappa shape index (κ2) is 10.4. The Labute approximate surface area is 194 Å². The number of aliphatic hydroxyl groups is 1. The van der Waals surface area contributed by atoms with Gasteiger partial charge >= 0.3 is 0 Å². The van der Waals surface area contributed by atoms with Gasteiger partial charge in [-0.1, -0.05) is 42.0 Å². The molecule has 0 aliphatic carbocycles. The highest BCUT2D eigenvalue weighted by atomic mass is 19.1. The van der Waals surface area contributed by atoms with Gasteiger partial charge < -0.3 is 14.7 Å². The van der Waals surface area contributed by atoms with E-state index in [0.717, 1.165) is 44.6 Å². The SMILES string of the molecule is Cc1ccc(OCCCN2CCC(C(O)(c3ccc(F)cc3)c3ccc(F)cc3)CC2)cc1. The molecular formula is C28H31F2NO2. The highest BCUT2D eigenvalue weighted by molar-refractivity contribution is 5.37. The summed E-state index contributed by atoms with van der Waals surface area (Å²) in [5.74, 6) is 0.155. The molecule has 1 aliphatic heterocycles. The fourth-order valence-corrected chi connectivity index (χ4v) is 4.73. The third-order valence-corrected chi connectivity index (χ3v) is 6.66. The minimum Gasteiger partial charge on any atom is -0.494 e. The molecule has 0 atom stereocenters. The molecule has 0 bridgehead atoms. The van der Waals surface area contributed by atoms with Gasteiger partial charge in [-0.05, 0) is 92.7 Å². The van der Waals surface area contributed by atoms with Crippen LogP contribution in [0.4, 0.5) is 8.78 Å². The van der Waals surface area contributed by atoms with E-state index in [0.29, 0.717) is 17.7 Å². The number of rotatable bonds is 8. The molecule has 0 radical (unpaired) electrons. The zero-order chi connectivity index (χ0) is 23.3. The van der Waals surface area contributed by atoms with Crippen molar-refractivity contribution < 1.29 is 18.6 Å². The lowest BCUT2D eigenvalue weighted by Crippen LogP contribution is -2.44. The highest BCUT2D eigenvalue weighted by Gasteiger charge is 2.41. The monoisotopic (exact) mass is 451 g/mol. The zero-order valence-corrected chi connectivity index (χ0v) is 19.0. The van der Waals surface area contributed by atoms with Gasteiger partial charge in [0.15, 0.2) is 0 Å². The van der Waals surface area contributed by atoms with E-state index in [-0.39, 0.29) is 17.6 Å². The van der Waals surface area contributed by atoms with Gasteiger partial charge in [0.2, 0.25) is 0 Å². The van der Waals surface area contributed by atoms with Crippen molar-refractivity contribution in [1.29, 1.82) is 0 Å². The third-order valence-electron chi connectivity index (χ3n) is 6.66. The van der Waals surface area contributed by atoms with Crippen molar-refractivity contribution in [3.8, 4) is 5.75 Å². The largest absolute Gasteiger partial charge is 0.494 e. The summed E-state index contributed by atoms with van der Waals surface area (Å²) >= 11 is 0. The second-order valence-electron chi connectivity index (χ2n) is 8.91. The quantitative estimate of drug-likeness (QED) is 0.447. The van der Waals surface area contributed by atoms with E-state index < -0.39 is 5.60 Å². The van der Waals surface area contributed by atoms with Gasteiger partial charge in [-0.3, -0.25) is 0 Å². The van der Waals surface area contributed by atoms with Crippen LogP contribution < -0.4 is 4.74 Å². The molecule has 1 aliphatic rings. The summed E-state index contributed by atoms with van der Waals surface area (Å²) in [6.45, 7) is 5.38. The van der Waals surface area contributed by atoms with Gasteiger partial charge in [-0.25, -0.2) is 8.78 Å². The molecule has 1 N–H and O–H groups in total. The average Bonchev–Trinajstić information content (AvgIpc) is 2.84. The number of benzene rings is 3. The maximum absolute atomic E-state index is 13.5. The predicted molar refractivity (Wildman–Crippen MR) is 126 cm³/mol. The number of aryl methyl sites for hydroxylation is 1. The first-order valence-electron chi connectivity index (χ1n) is 11.6. The van der Waals surface area contributed by atoms with E-state index in [1.54, 1.807) is 24.3 Å². The normalized spacial score (nSPS) is 15.5. The Balaban J connectivity index is 1.37. The van der Waals surface area contributed by atoms with Crippen molar-refractivity contribution in [3.63, 3.8) is 0 Å². The van der Waals surface area contributed by atoms with Crippen LogP contribution in [-0.2, 0) is 5.60 Å². The molecule has 0 saturated carbocycles. The molecular weight excluding hydrogens is 420 g/mol. The molecule has 0 amide bonds. The Kier molecular flexibility index (Phi) is 7.41. The van der Waals surface area contributed by atoms with E-state index in [9.17, 15) is 13.9 Å². The van der Waals surface area contributed by atoms with Crippen LogP contribution in [0.2, 0.25) is 0 Å². The summed E-state index contributed by atoms with van der Waals surface area (Å²) in [4.78, 5) is 2.39. The van der Waals surface area contributed by atoms with Gasteiger partial charge in [0, 0.05) is 6.54 Å². The predicted octanol–water partition coefficient (Wildman–Crippen LogP) is 5.69. The fraction of sp³-hybridized carbons (Fsp3) is 0.357. The van der Waals surface area contributed by atoms with Crippen LogP contribution in [-0.4, -0.2) is 36.2 Å². The van der Waals surface area contributed by atoms with Crippen LogP contribution in [0.3, 0.4) is 0 Å². The van der Waals surface area contributed by atoms with E-state index in [4.69, 9.17) is 4.74 Å². The van der Waals surface area contributed by atoms with Crippen molar-refractivity contribution in [2.75, 3.05) is 26.2 Å². The Morgan fingerprint density at radius 1 is 0.848 bits per heavy atom. The Hall–Kier alpha value is -2.76. The molecule has 0 unspecified atom stereocenters. The van der Waals surface area contributed by atoms with Crippen LogP contribution >= 0.6 is 0 Å². The van der Waals surface area contributed by atoms with Gasteiger partial charge in [0.05, 0.1) is 6.61 Å².